The van der Waals surface area contributed by atoms with Crippen molar-refractivity contribution in [3.05, 3.63) is 11.6 Å². The van der Waals surface area contributed by atoms with Gasteiger partial charge in [0.25, 0.3) is 0 Å². The fourth-order valence-electron chi connectivity index (χ4n) is 10.6. The molecule has 0 bridgehead atoms. The summed E-state index contributed by atoms with van der Waals surface area (Å²) in [6.07, 6.45) is 14.8. The molecule has 3 saturated carbocycles. The fraction of sp³-hybridized carbons (Fsp3) is 0.903. The van der Waals surface area contributed by atoms with Crippen molar-refractivity contribution in [3.8, 4) is 0 Å². The highest BCUT2D eigenvalue weighted by atomic mass is 16.7. The second-order valence-corrected chi connectivity index (χ2v) is 14.1. The summed E-state index contributed by atoms with van der Waals surface area (Å²) >= 11 is 0. The third-order valence-electron chi connectivity index (χ3n) is 12.6. The monoisotopic (exact) mass is 498 g/mol. The Morgan fingerprint density at radius 2 is 2.06 bits per heavy atom. The third kappa shape index (κ3) is 3.85. The average Bonchev–Trinajstić information content (AvgIpc) is 3.55. The van der Waals surface area contributed by atoms with Crippen molar-refractivity contribution < 1.29 is 14.7 Å². The molecule has 2 heterocycles. The Kier molecular flexibility index (Phi) is 6.61. The number of hydroxylamine groups is 2. The molecule has 0 aromatic heterocycles. The number of nitrogens with zero attached hydrogens (tertiary/aromatic N) is 1. The van der Waals surface area contributed by atoms with Crippen LogP contribution in [0.4, 0.5) is 0 Å². The molecule has 1 amide bonds. The van der Waals surface area contributed by atoms with Gasteiger partial charge < -0.3 is 10.4 Å². The number of hydrogen-bond acceptors (Lipinski definition) is 4. The molecule has 0 spiro atoms. The number of hydrogen-bond donors (Lipinski definition) is 2. The number of aliphatic hydroxyl groups is 1. The summed E-state index contributed by atoms with van der Waals surface area (Å²) in [7, 11) is 0. The molecule has 6 rings (SSSR count). The summed E-state index contributed by atoms with van der Waals surface area (Å²) in [5.41, 5.74) is 2.30. The summed E-state index contributed by atoms with van der Waals surface area (Å²) in [6, 6.07) is 0.607. The molecule has 6 aliphatic rings. The quantitative estimate of drug-likeness (QED) is 0.493. The molecule has 36 heavy (non-hydrogen) atoms. The van der Waals surface area contributed by atoms with E-state index in [9.17, 15) is 9.90 Å². The van der Waals surface area contributed by atoms with Gasteiger partial charge in [0.05, 0.1) is 18.8 Å². The van der Waals surface area contributed by atoms with Gasteiger partial charge in [-0.2, -0.15) is 0 Å². The van der Waals surface area contributed by atoms with Gasteiger partial charge in [-0.15, -0.1) is 0 Å². The van der Waals surface area contributed by atoms with E-state index in [1.54, 1.807) is 10.6 Å². The maximum atomic E-state index is 13.3. The lowest BCUT2D eigenvalue weighted by atomic mass is 9.47. The van der Waals surface area contributed by atoms with Crippen LogP contribution in [0.2, 0.25) is 0 Å². The Morgan fingerprint density at radius 3 is 2.86 bits per heavy atom. The van der Waals surface area contributed by atoms with Gasteiger partial charge in [-0.1, -0.05) is 39.3 Å². The highest BCUT2D eigenvalue weighted by molar-refractivity contribution is 5.75. The molecule has 5 nitrogen and oxygen atoms in total. The maximum absolute atomic E-state index is 13.3. The van der Waals surface area contributed by atoms with E-state index in [-0.39, 0.29) is 18.1 Å². The number of allylic oxidation sites excluding steroid dienone is 1. The van der Waals surface area contributed by atoms with Crippen molar-refractivity contribution in [1.82, 2.24) is 10.4 Å². The number of carbonyl (C=O) groups excluding carboxylic acids is 1. The van der Waals surface area contributed by atoms with E-state index < -0.39 is 0 Å². The van der Waals surface area contributed by atoms with Crippen LogP contribution in [-0.4, -0.2) is 47.4 Å². The van der Waals surface area contributed by atoms with Crippen molar-refractivity contribution in [3.63, 3.8) is 0 Å². The molecule has 2 saturated heterocycles. The van der Waals surface area contributed by atoms with Crippen LogP contribution in [0.5, 0.6) is 0 Å². The van der Waals surface area contributed by atoms with Gasteiger partial charge >= 0.3 is 0 Å². The number of aliphatic hydroxyl groups excluding tert-OH is 1. The van der Waals surface area contributed by atoms with Gasteiger partial charge in [-0.3, -0.25) is 9.63 Å². The second kappa shape index (κ2) is 9.38. The van der Waals surface area contributed by atoms with E-state index >= 15 is 0 Å². The molecule has 11 atom stereocenters. The van der Waals surface area contributed by atoms with Crippen LogP contribution in [0.1, 0.15) is 98.3 Å². The average molecular weight is 499 g/mol. The third-order valence-corrected chi connectivity index (χ3v) is 12.6. The standard InChI is InChI=1S/C31H50N2O3/c1-5-27-29-20(17-32-27)18-36-33(29)28(35)11-6-19(2)24-9-10-25-23-8-7-21-16-22(34)12-14-30(21,3)26(23)13-15-31(24,25)4/h7,19-20,22-27,29,32,34H,5-6,8-18H2,1-4H3/t19-,20-,22+,23+,24-,25+,26+,27-,29+,30+,31-/m1/s1. The minimum absolute atomic E-state index is 0.121. The predicted octanol–water partition coefficient (Wildman–Crippen LogP) is 5.48. The number of carbonyl (C=O) groups is 1. The molecule has 5 fully saturated rings. The molecule has 4 aliphatic carbocycles. The van der Waals surface area contributed by atoms with E-state index in [1.807, 2.05) is 0 Å². The maximum Gasteiger partial charge on any atom is 0.246 e. The Balaban J connectivity index is 1.10. The summed E-state index contributed by atoms with van der Waals surface area (Å²) in [6.45, 7) is 11.4. The number of rotatable bonds is 5. The summed E-state index contributed by atoms with van der Waals surface area (Å²) in [5, 5.41) is 15.7. The van der Waals surface area contributed by atoms with Gasteiger partial charge in [-0.05, 0) is 105 Å². The highest BCUT2D eigenvalue weighted by Gasteiger charge is 2.59. The molecule has 202 valence electrons. The number of fused-ring (bicyclic) bond motifs is 6. The normalized spacial score (nSPS) is 48.6. The SMILES string of the molecule is CC[C@H]1NC[C@@H]2CON(C(=O)CC[C@@H](C)[C@H]3CC[C@H]4[C@@H]5CC=C6C[C@@H](O)CC[C@]6(C)[C@H]5CC[C@]34C)[C@@H]21. The van der Waals surface area contributed by atoms with Crippen LogP contribution in [-0.2, 0) is 9.63 Å². The van der Waals surface area contributed by atoms with Crippen molar-refractivity contribution >= 4 is 5.91 Å². The lowest BCUT2D eigenvalue weighted by Gasteiger charge is -2.58. The second-order valence-electron chi connectivity index (χ2n) is 14.1. The topological polar surface area (TPSA) is 61.8 Å². The minimum Gasteiger partial charge on any atom is -0.393 e. The van der Waals surface area contributed by atoms with Crippen molar-refractivity contribution in [2.24, 2.45) is 46.3 Å². The van der Waals surface area contributed by atoms with Gasteiger partial charge in [0.1, 0.15) is 0 Å². The molecule has 2 aliphatic heterocycles. The number of amides is 1. The first-order chi connectivity index (χ1) is 17.3. The van der Waals surface area contributed by atoms with E-state index in [1.165, 1.54) is 38.5 Å². The van der Waals surface area contributed by atoms with Gasteiger partial charge in [0, 0.05) is 24.9 Å². The summed E-state index contributed by atoms with van der Waals surface area (Å²) in [4.78, 5) is 19.2. The van der Waals surface area contributed by atoms with Crippen LogP contribution in [0, 0.1) is 46.3 Å². The van der Waals surface area contributed by atoms with E-state index in [2.05, 4.69) is 39.1 Å². The van der Waals surface area contributed by atoms with Crippen molar-refractivity contribution in [2.45, 2.75) is 117 Å². The highest BCUT2D eigenvalue weighted by Crippen LogP contribution is 2.67. The smallest absolute Gasteiger partial charge is 0.246 e. The van der Waals surface area contributed by atoms with Gasteiger partial charge in [-0.25, -0.2) is 5.06 Å². The molecule has 0 aromatic carbocycles. The minimum atomic E-state index is -0.121. The zero-order valence-corrected chi connectivity index (χ0v) is 23.2. The molecular weight excluding hydrogens is 448 g/mol. The Labute approximate surface area is 218 Å². The van der Waals surface area contributed by atoms with Crippen LogP contribution in [0.3, 0.4) is 0 Å². The Morgan fingerprint density at radius 1 is 1.22 bits per heavy atom. The largest absolute Gasteiger partial charge is 0.393 e. The van der Waals surface area contributed by atoms with Crippen molar-refractivity contribution in [2.75, 3.05) is 13.2 Å². The first-order valence-corrected chi connectivity index (χ1v) is 15.3. The zero-order chi connectivity index (χ0) is 25.2. The van der Waals surface area contributed by atoms with Gasteiger partial charge in [0.15, 0.2) is 0 Å². The van der Waals surface area contributed by atoms with E-state index in [4.69, 9.17) is 4.84 Å². The summed E-state index contributed by atoms with van der Waals surface area (Å²) < 4.78 is 0. The number of nitrogens with one attached hydrogen (secondary N) is 1. The van der Waals surface area contributed by atoms with Crippen LogP contribution in [0.15, 0.2) is 11.6 Å². The van der Waals surface area contributed by atoms with Gasteiger partial charge in [0.2, 0.25) is 5.91 Å². The Hall–Kier alpha value is -0.910. The molecule has 2 N–H and O–H groups in total. The lowest BCUT2D eigenvalue weighted by molar-refractivity contribution is -0.178. The molecule has 0 radical (unpaired) electrons. The first kappa shape index (κ1) is 25.4. The molecule has 0 unspecified atom stereocenters. The lowest BCUT2D eigenvalue weighted by Crippen LogP contribution is -2.50. The van der Waals surface area contributed by atoms with Crippen LogP contribution in [0.25, 0.3) is 0 Å². The van der Waals surface area contributed by atoms with E-state index in [0.717, 1.165) is 55.9 Å². The van der Waals surface area contributed by atoms with Crippen molar-refractivity contribution in [1.29, 1.82) is 0 Å². The predicted molar refractivity (Wildman–Crippen MR) is 142 cm³/mol. The fourth-order valence-corrected chi connectivity index (χ4v) is 10.6. The molecule has 5 heteroatoms. The van der Waals surface area contributed by atoms with E-state index in [0.29, 0.717) is 41.7 Å². The zero-order valence-electron chi connectivity index (χ0n) is 23.2. The molecule has 0 aromatic rings. The first-order valence-electron chi connectivity index (χ1n) is 15.3. The molecular formula is C31H50N2O3. The summed E-state index contributed by atoms with van der Waals surface area (Å²) in [5.74, 6) is 4.40. The Bertz CT molecular complexity index is 889. The van der Waals surface area contributed by atoms with Crippen LogP contribution < -0.4 is 5.32 Å². The van der Waals surface area contributed by atoms with Crippen LogP contribution >= 0.6 is 0 Å².